The Kier molecular flexibility index (Phi) is 5.86. The zero-order chi connectivity index (χ0) is 19.3. The molecule has 5 nitrogen and oxygen atoms in total. The van der Waals surface area contributed by atoms with Gasteiger partial charge in [-0.2, -0.15) is 0 Å². The molecule has 2 amide bonds. The number of pyridine rings is 1. The maximum Gasteiger partial charge on any atom is 0.318 e. The topological polar surface area (TPSA) is 48.5 Å². The molecular formula is C22H27FN4O. The second kappa shape index (κ2) is 8.69. The SMILES string of the molecule is O=C(N[C@H](c1ccncc1)c1ccc(F)cc1)N1CCN(CC2CCC2)CC1. The fourth-order valence-electron chi connectivity index (χ4n) is 3.96. The molecule has 1 saturated carbocycles. The van der Waals surface area contributed by atoms with Crippen molar-refractivity contribution < 1.29 is 9.18 Å². The summed E-state index contributed by atoms with van der Waals surface area (Å²) >= 11 is 0. The van der Waals surface area contributed by atoms with E-state index in [4.69, 9.17) is 0 Å². The van der Waals surface area contributed by atoms with Gasteiger partial charge >= 0.3 is 6.03 Å². The molecule has 1 aromatic carbocycles. The number of carbonyl (C=O) groups excluding carboxylic acids is 1. The molecule has 2 aliphatic rings. The Morgan fingerprint density at radius 3 is 2.29 bits per heavy atom. The molecule has 1 aromatic heterocycles. The molecule has 4 rings (SSSR count). The van der Waals surface area contributed by atoms with E-state index in [9.17, 15) is 9.18 Å². The first-order chi connectivity index (χ1) is 13.7. The molecule has 6 heteroatoms. The number of halogens is 1. The van der Waals surface area contributed by atoms with E-state index < -0.39 is 0 Å². The molecule has 1 saturated heterocycles. The predicted molar refractivity (Wildman–Crippen MR) is 106 cm³/mol. The van der Waals surface area contributed by atoms with Crippen molar-refractivity contribution in [2.75, 3.05) is 32.7 Å². The van der Waals surface area contributed by atoms with Gasteiger partial charge in [-0.3, -0.25) is 9.88 Å². The summed E-state index contributed by atoms with van der Waals surface area (Å²) in [5, 5.41) is 3.13. The Balaban J connectivity index is 1.40. The van der Waals surface area contributed by atoms with Crippen LogP contribution >= 0.6 is 0 Å². The first-order valence-corrected chi connectivity index (χ1v) is 10.1. The molecule has 28 heavy (non-hydrogen) atoms. The average molecular weight is 382 g/mol. The number of carbonyl (C=O) groups is 1. The normalized spacial score (nSPS) is 19.1. The molecule has 148 valence electrons. The monoisotopic (exact) mass is 382 g/mol. The van der Waals surface area contributed by atoms with Crippen molar-refractivity contribution in [3.05, 3.63) is 65.7 Å². The fraction of sp³-hybridized carbons (Fsp3) is 0.455. The second-order valence-corrected chi connectivity index (χ2v) is 7.80. The fourth-order valence-corrected chi connectivity index (χ4v) is 3.96. The number of hydrogen-bond acceptors (Lipinski definition) is 3. The van der Waals surface area contributed by atoms with E-state index in [-0.39, 0.29) is 17.9 Å². The second-order valence-electron chi connectivity index (χ2n) is 7.80. The lowest BCUT2D eigenvalue weighted by molar-refractivity contribution is 0.110. The van der Waals surface area contributed by atoms with Crippen molar-refractivity contribution in [1.29, 1.82) is 0 Å². The maximum atomic E-state index is 13.4. The molecule has 0 unspecified atom stereocenters. The minimum absolute atomic E-state index is 0.0746. The smallest absolute Gasteiger partial charge is 0.318 e. The molecule has 2 heterocycles. The van der Waals surface area contributed by atoms with Crippen LogP contribution in [0.4, 0.5) is 9.18 Å². The zero-order valence-corrected chi connectivity index (χ0v) is 16.1. The summed E-state index contributed by atoms with van der Waals surface area (Å²) in [4.78, 5) is 21.3. The molecule has 1 aliphatic heterocycles. The van der Waals surface area contributed by atoms with E-state index in [2.05, 4.69) is 15.2 Å². The summed E-state index contributed by atoms with van der Waals surface area (Å²) in [7, 11) is 0. The van der Waals surface area contributed by atoms with Crippen molar-refractivity contribution in [3.63, 3.8) is 0 Å². The molecule has 1 N–H and O–H groups in total. The van der Waals surface area contributed by atoms with Gasteiger partial charge in [0.05, 0.1) is 6.04 Å². The van der Waals surface area contributed by atoms with E-state index in [1.54, 1.807) is 24.5 Å². The molecule has 2 fully saturated rings. The van der Waals surface area contributed by atoms with Crippen LogP contribution in [-0.2, 0) is 0 Å². The number of nitrogens with one attached hydrogen (secondary N) is 1. The zero-order valence-electron chi connectivity index (χ0n) is 16.1. The van der Waals surface area contributed by atoms with Gasteiger partial charge in [-0.15, -0.1) is 0 Å². The highest BCUT2D eigenvalue weighted by Crippen LogP contribution is 2.27. The van der Waals surface area contributed by atoms with Gasteiger partial charge in [0.25, 0.3) is 0 Å². The third kappa shape index (κ3) is 4.50. The largest absolute Gasteiger partial charge is 0.327 e. The van der Waals surface area contributed by atoms with Gasteiger partial charge in [0.15, 0.2) is 0 Å². The van der Waals surface area contributed by atoms with E-state index in [1.807, 2.05) is 17.0 Å². The third-order valence-corrected chi connectivity index (χ3v) is 5.91. The van der Waals surface area contributed by atoms with Gasteiger partial charge in [0, 0.05) is 45.1 Å². The quantitative estimate of drug-likeness (QED) is 0.862. The first kappa shape index (κ1) is 18.9. The minimum Gasteiger partial charge on any atom is -0.327 e. The van der Waals surface area contributed by atoms with Crippen LogP contribution in [0.25, 0.3) is 0 Å². The third-order valence-electron chi connectivity index (χ3n) is 5.91. The highest BCUT2D eigenvalue weighted by Gasteiger charge is 2.27. The molecule has 2 aromatic rings. The van der Waals surface area contributed by atoms with Gasteiger partial charge < -0.3 is 10.2 Å². The van der Waals surface area contributed by atoms with E-state index in [0.717, 1.165) is 43.2 Å². The number of amides is 2. The molecular weight excluding hydrogens is 355 g/mol. The van der Waals surface area contributed by atoms with Gasteiger partial charge in [-0.25, -0.2) is 9.18 Å². The van der Waals surface area contributed by atoms with Crippen molar-refractivity contribution in [2.45, 2.75) is 25.3 Å². The van der Waals surface area contributed by atoms with Gasteiger partial charge in [-0.05, 0) is 54.2 Å². The van der Waals surface area contributed by atoms with E-state index in [0.29, 0.717) is 0 Å². The molecule has 0 spiro atoms. The van der Waals surface area contributed by atoms with Crippen molar-refractivity contribution in [2.24, 2.45) is 5.92 Å². The molecule has 0 radical (unpaired) electrons. The van der Waals surface area contributed by atoms with Crippen LogP contribution in [0, 0.1) is 11.7 Å². The Morgan fingerprint density at radius 1 is 1.04 bits per heavy atom. The lowest BCUT2D eigenvalue weighted by Crippen LogP contribution is -2.53. The van der Waals surface area contributed by atoms with Crippen LogP contribution in [0.5, 0.6) is 0 Å². The van der Waals surface area contributed by atoms with Crippen LogP contribution in [0.3, 0.4) is 0 Å². The predicted octanol–water partition coefficient (Wildman–Crippen LogP) is 3.44. The standard InChI is InChI=1S/C22H27FN4O/c23-20-6-4-18(5-7-20)21(19-8-10-24-11-9-19)25-22(28)27-14-12-26(13-15-27)16-17-2-1-3-17/h4-11,17,21H,1-3,12-16H2,(H,25,28)/t21-/m0/s1. The summed E-state index contributed by atoms with van der Waals surface area (Å²) in [6, 6.07) is 9.65. The minimum atomic E-state index is -0.330. The molecule has 0 bridgehead atoms. The van der Waals surface area contributed by atoms with Crippen molar-refractivity contribution in [1.82, 2.24) is 20.1 Å². The highest BCUT2D eigenvalue weighted by molar-refractivity contribution is 5.75. The van der Waals surface area contributed by atoms with Crippen LogP contribution in [0.1, 0.15) is 36.4 Å². The Labute approximate surface area is 165 Å². The number of rotatable bonds is 5. The summed E-state index contributed by atoms with van der Waals surface area (Å²) in [5.41, 5.74) is 1.78. The van der Waals surface area contributed by atoms with Crippen molar-refractivity contribution in [3.8, 4) is 0 Å². The Bertz CT molecular complexity index is 771. The number of nitrogens with zero attached hydrogens (tertiary/aromatic N) is 3. The number of piperazine rings is 1. The highest BCUT2D eigenvalue weighted by atomic mass is 19.1. The Morgan fingerprint density at radius 2 is 1.68 bits per heavy atom. The summed E-state index contributed by atoms with van der Waals surface area (Å²) in [6.45, 7) is 4.52. The van der Waals surface area contributed by atoms with Crippen molar-refractivity contribution >= 4 is 6.03 Å². The van der Waals surface area contributed by atoms with Gasteiger partial charge in [0.1, 0.15) is 5.82 Å². The molecule has 1 aliphatic carbocycles. The van der Waals surface area contributed by atoms with Gasteiger partial charge in [-0.1, -0.05) is 18.6 Å². The lowest BCUT2D eigenvalue weighted by atomic mass is 9.85. The number of benzene rings is 1. The summed E-state index contributed by atoms with van der Waals surface area (Å²) < 4.78 is 13.4. The Hall–Kier alpha value is -2.47. The van der Waals surface area contributed by atoms with Crippen LogP contribution in [0.2, 0.25) is 0 Å². The average Bonchev–Trinajstić information content (AvgIpc) is 2.71. The first-order valence-electron chi connectivity index (χ1n) is 10.1. The van der Waals surface area contributed by atoms with E-state index >= 15 is 0 Å². The van der Waals surface area contributed by atoms with Gasteiger partial charge in [0.2, 0.25) is 0 Å². The lowest BCUT2D eigenvalue weighted by Gasteiger charge is -2.38. The summed E-state index contributed by atoms with van der Waals surface area (Å²) in [6.07, 6.45) is 7.49. The number of urea groups is 1. The van der Waals surface area contributed by atoms with Crippen LogP contribution < -0.4 is 5.32 Å². The van der Waals surface area contributed by atoms with Crippen LogP contribution in [-0.4, -0.2) is 53.5 Å². The molecule has 1 atom stereocenters. The maximum absolute atomic E-state index is 13.4. The number of hydrogen-bond donors (Lipinski definition) is 1. The van der Waals surface area contributed by atoms with Crippen LogP contribution in [0.15, 0.2) is 48.8 Å². The number of aromatic nitrogens is 1. The van der Waals surface area contributed by atoms with E-state index in [1.165, 1.54) is 37.9 Å². The summed E-state index contributed by atoms with van der Waals surface area (Å²) in [5.74, 6) is 0.570.